The summed E-state index contributed by atoms with van der Waals surface area (Å²) in [4.78, 5) is 12.5. The summed E-state index contributed by atoms with van der Waals surface area (Å²) in [5.41, 5.74) is 1.68. The van der Waals surface area contributed by atoms with E-state index in [0.717, 1.165) is 30.1 Å². The summed E-state index contributed by atoms with van der Waals surface area (Å²) in [5, 5.41) is 17.9. The van der Waals surface area contributed by atoms with E-state index in [1.165, 1.54) is 19.2 Å². The Bertz CT molecular complexity index is 794. The highest BCUT2D eigenvalue weighted by Gasteiger charge is 2.38. The van der Waals surface area contributed by atoms with E-state index in [9.17, 15) is 4.79 Å². The van der Waals surface area contributed by atoms with Gasteiger partial charge in [0, 0.05) is 24.3 Å². The number of aromatic nitrogens is 4. The molecule has 1 aliphatic heterocycles. The molecule has 144 valence electrons. The van der Waals surface area contributed by atoms with Crippen LogP contribution in [0.1, 0.15) is 32.6 Å². The molecule has 2 heterocycles. The number of nitrogens with zero attached hydrogens (tertiary/aromatic N) is 4. The average molecular weight is 370 g/mol. The first-order valence-corrected chi connectivity index (χ1v) is 9.59. The predicted molar refractivity (Wildman–Crippen MR) is 101 cm³/mol. The highest BCUT2D eigenvalue weighted by molar-refractivity contribution is 5.80. The van der Waals surface area contributed by atoms with Crippen molar-refractivity contribution < 1.29 is 9.53 Å². The van der Waals surface area contributed by atoms with E-state index < -0.39 is 0 Å². The molecule has 27 heavy (non-hydrogen) atoms. The van der Waals surface area contributed by atoms with E-state index in [1.54, 1.807) is 11.8 Å². The number of hydrogen-bond acceptors (Lipinski definition) is 6. The molecule has 0 spiro atoms. The molecule has 1 amide bonds. The van der Waals surface area contributed by atoms with Gasteiger partial charge in [-0.1, -0.05) is 6.92 Å². The van der Waals surface area contributed by atoms with Gasteiger partial charge in [-0.2, -0.15) is 4.68 Å². The van der Waals surface area contributed by atoms with E-state index >= 15 is 0 Å². The zero-order valence-electron chi connectivity index (χ0n) is 15.8. The molecule has 1 saturated heterocycles. The number of methoxy groups -OCH3 is 1. The van der Waals surface area contributed by atoms with Crippen LogP contribution in [0.25, 0.3) is 5.69 Å². The molecule has 1 aliphatic carbocycles. The van der Waals surface area contributed by atoms with Crippen LogP contribution in [0.15, 0.2) is 24.5 Å². The van der Waals surface area contributed by atoms with Crippen LogP contribution >= 0.6 is 0 Å². The van der Waals surface area contributed by atoms with E-state index in [1.807, 2.05) is 18.2 Å². The van der Waals surface area contributed by atoms with Crippen molar-refractivity contribution >= 4 is 11.6 Å². The summed E-state index contributed by atoms with van der Waals surface area (Å²) in [6, 6.07) is 6.13. The van der Waals surface area contributed by atoms with Gasteiger partial charge in [-0.15, -0.1) is 5.10 Å². The van der Waals surface area contributed by atoms with Gasteiger partial charge in [-0.3, -0.25) is 4.79 Å². The molecule has 0 radical (unpaired) electrons. The van der Waals surface area contributed by atoms with Gasteiger partial charge in [0.05, 0.1) is 13.0 Å². The molecule has 4 unspecified atom stereocenters. The average Bonchev–Trinajstić information content (AvgIpc) is 3.21. The SMILES string of the molecule is COc1cc(NCC2CC3CC(C)CCC3NC2=O)ccc1-n1cnnn1. The molecule has 1 saturated carbocycles. The third-order valence-electron chi connectivity index (χ3n) is 5.86. The van der Waals surface area contributed by atoms with Crippen LogP contribution in [0.5, 0.6) is 5.75 Å². The molecular weight excluding hydrogens is 344 g/mol. The molecule has 2 N–H and O–H groups in total. The monoisotopic (exact) mass is 370 g/mol. The van der Waals surface area contributed by atoms with Crippen molar-refractivity contribution in [1.82, 2.24) is 25.5 Å². The van der Waals surface area contributed by atoms with Crippen molar-refractivity contribution in [2.45, 2.75) is 38.6 Å². The lowest BCUT2D eigenvalue weighted by molar-refractivity contribution is -0.129. The number of fused-ring (bicyclic) bond motifs is 1. The van der Waals surface area contributed by atoms with Crippen molar-refractivity contribution in [3.8, 4) is 11.4 Å². The van der Waals surface area contributed by atoms with E-state index in [0.29, 0.717) is 24.3 Å². The molecule has 8 heteroatoms. The van der Waals surface area contributed by atoms with Crippen molar-refractivity contribution in [3.05, 3.63) is 24.5 Å². The molecular formula is C19H26N6O2. The number of carbonyl (C=O) groups is 1. The minimum absolute atomic E-state index is 0.00161. The number of rotatable bonds is 5. The van der Waals surface area contributed by atoms with Crippen molar-refractivity contribution in [2.24, 2.45) is 17.8 Å². The van der Waals surface area contributed by atoms with E-state index in [2.05, 4.69) is 33.1 Å². The Labute approximate surface area is 158 Å². The lowest BCUT2D eigenvalue weighted by Gasteiger charge is -2.41. The first kappa shape index (κ1) is 17.8. The van der Waals surface area contributed by atoms with Gasteiger partial charge < -0.3 is 15.4 Å². The Morgan fingerprint density at radius 2 is 2.22 bits per heavy atom. The first-order chi connectivity index (χ1) is 13.1. The van der Waals surface area contributed by atoms with Crippen LogP contribution in [-0.2, 0) is 4.79 Å². The summed E-state index contributed by atoms with van der Waals surface area (Å²) in [6.45, 7) is 2.94. The van der Waals surface area contributed by atoms with Crippen LogP contribution in [0.4, 0.5) is 5.69 Å². The fourth-order valence-electron chi connectivity index (χ4n) is 4.39. The van der Waals surface area contributed by atoms with Gasteiger partial charge in [-0.05, 0) is 60.1 Å². The van der Waals surface area contributed by atoms with Gasteiger partial charge in [0.1, 0.15) is 17.8 Å². The van der Waals surface area contributed by atoms with Crippen LogP contribution < -0.4 is 15.4 Å². The van der Waals surface area contributed by atoms with Gasteiger partial charge in [0.15, 0.2) is 0 Å². The smallest absolute Gasteiger partial charge is 0.225 e. The summed E-state index contributed by atoms with van der Waals surface area (Å²) in [6.07, 6.45) is 6.05. The number of hydrogen-bond donors (Lipinski definition) is 2. The number of carbonyl (C=O) groups excluding carboxylic acids is 1. The minimum Gasteiger partial charge on any atom is -0.494 e. The second-order valence-corrected chi connectivity index (χ2v) is 7.75. The zero-order valence-corrected chi connectivity index (χ0v) is 15.8. The standard InChI is InChI=1S/C19H26N6O2/c1-12-3-5-16-13(7-12)8-14(19(26)22-16)10-20-15-4-6-17(18(9-15)27-2)25-11-21-23-24-25/h4,6,9,11-14,16,20H,3,5,7-8,10H2,1-2H3,(H,22,26). The zero-order chi connectivity index (χ0) is 18.8. The number of benzene rings is 1. The van der Waals surface area contributed by atoms with E-state index in [-0.39, 0.29) is 11.8 Å². The topological polar surface area (TPSA) is 94.0 Å². The molecule has 4 atom stereocenters. The Morgan fingerprint density at radius 1 is 1.33 bits per heavy atom. The van der Waals surface area contributed by atoms with Crippen LogP contribution in [0.3, 0.4) is 0 Å². The molecule has 0 bridgehead atoms. The molecule has 1 aromatic carbocycles. The Balaban J connectivity index is 1.41. The van der Waals surface area contributed by atoms with Gasteiger partial charge in [0.2, 0.25) is 5.91 Å². The Hall–Kier alpha value is -2.64. The first-order valence-electron chi connectivity index (χ1n) is 9.59. The van der Waals surface area contributed by atoms with Crippen molar-refractivity contribution in [1.29, 1.82) is 0 Å². The normalized spacial score (nSPS) is 27.6. The molecule has 2 aromatic rings. The molecule has 2 aliphatic rings. The van der Waals surface area contributed by atoms with Crippen LogP contribution in [-0.4, -0.2) is 45.8 Å². The maximum atomic E-state index is 12.5. The lowest BCUT2D eigenvalue weighted by atomic mass is 9.72. The quantitative estimate of drug-likeness (QED) is 0.836. The summed E-state index contributed by atoms with van der Waals surface area (Å²) < 4.78 is 7.03. The summed E-state index contributed by atoms with van der Waals surface area (Å²) in [5.74, 6) is 2.21. The Morgan fingerprint density at radius 3 is 3.00 bits per heavy atom. The van der Waals surface area contributed by atoms with Crippen molar-refractivity contribution in [2.75, 3.05) is 19.0 Å². The third kappa shape index (κ3) is 3.74. The molecule has 8 nitrogen and oxygen atoms in total. The van der Waals surface area contributed by atoms with E-state index in [4.69, 9.17) is 4.74 Å². The minimum atomic E-state index is 0.00161. The summed E-state index contributed by atoms with van der Waals surface area (Å²) >= 11 is 0. The fraction of sp³-hybridized carbons (Fsp3) is 0.579. The maximum absolute atomic E-state index is 12.5. The predicted octanol–water partition coefficient (Wildman–Crippen LogP) is 2.02. The molecule has 1 aromatic heterocycles. The Kier molecular flexibility index (Phi) is 4.96. The lowest BCUT2D eigenvalue weighted by Crippen LogP contribution is -2.52. The largest absolute Gasteiger partial charge is 0.494 e. The summed E-state index contributed by atoms with van der Waals surface area (Å²) in [7, 11) is 1.62. The second kappa shape index (κ2) is 7.54. The van der Waals surface area contributed by atoms with Gasteiger partial charge in [0.25, 0.3) is 0 Å². The fourth-order valence-corrected chi connectivity index (χ4v) is 4.39. The van der Waals surface area contributed by atoms with Gasteiger partial charge >= 0.3 is 0 Å². The molecule has 2 fully saturated rings. The number of tetrazole rings is 1. The van der Waals surface area contributed by atoms with Crippen molar-refractivity contribution in [3.63, 3.8) is 0 Å². The number of ether oxygens (including phenoxy) is 1. The van der Waals surface area contributed by atoms with Gasteiger partial charge in [-0.25, -0.2) is 0 Å². The maximum Gasteiger partial charge on any atom is 0.225 e. The number of anilines is 1. The highest BCUT2D eigenvalue weighted by atomic mass is 16.5. The second-order valence-electron chi connectivity index (χ2n) is 7.75. The molecule has 4 rings (SSSR count). The third-order valence-corrected chi connectivity index (χ3v) is 5.86. The number of piperidine rings is 1. The number of nitrogens with one attached hydrogen (secondary N) is 2. The number of amides is 1. The van der Waals surface area contributed by atoms with Crippen LogP contribution in [0.2, 0.25) is 0 Å². The van der Waals surface area contributed by atoms with Crippen LogP contribution in [0, 0.1) is 17.8 Å². The highest BCUT2D eigenvalue weighted by Crippen LogP contribution is 2.36.